The Morgan fingerprint density at radius 2 is 1.68 bits per heavy atom. The molecular weight excluding hydrogens is 236 g/mol. The number of aryl methyl sites for hydroxylation is 2. The van der Waals surface area contributed by atoms with E-state index in [1.165, 1.54) is 0 Å². The highest BCUT2D eigenvalue weighted by molar-refractivity contribution is 5.83. The minimum absolute atomic E-state index is 0.329. The smallest absolute Gasteiger partial charge is 0.121 e. The van der Waals surface area contributed by atoms with Crippen LogP contribution in [0.3, 0.4) is 0 Å². The Morgan fingerprint density at radius 1 is 1.11 bits per heavy atom. The van der Waals surface area contributed by atoms with Crippen LogP contribution in [0.1, 0.15) is 22.3 Å². The Balaban J connectivity index is 2.25. The molecule has 0 radical (unpaired) electrons. The van der Waals surface area contributed by atoms with Crippen LogP contribution in [0.15, 0.2) is 41.4 Å². The molecular formula is C16H14N2O. The minimum atomic E-state index is 0.329. The highest BCUT2D eigenvalue weighted by Gasteiger charge is 2.01. The van der Waals surface area contributed by atoms with Gasteiger partial charge in [-0.05, 0) is 66.9 Å². The predicted octanol–water partition coefficient (Wildman–Crippen LogP) is 3.63. The number of nitriles is 1. The Morgan fingerprint density at radius 3 is 2.21 bits per heavy atom. The molecule has 0 aromatic heterocycles. The van der Waals surface area contributed by atoms with Crippen LogP contribution in [-0.4, -0.2) is 11.3 Å². The average Bonchev–Trinajstić information content (AvgIpc) is 2.43. The number of rotatable bonds is 2. The molecule has 2 rings (SSSR count). The van der Waals surface area contributed by atoms with Gasteiger partial charge in [0.15, 0.2) is 0 Å². The van der Waals surface area contributed by atoms with Gasteiger partial charge in [-0.1, -0.05) is 0 Å². The van der Waals surface area contributed by atoms with E-state index in [2.05, 4.69) is 11.1 Å². The summed E-state index contributed by atoms with van der Waals surface area (Å²) in [6.07, 6.45) is 1.75. The summed E-state index contributed by atoms with van der Waals surface area (Å²) in [5, 5.41) is 18.4. The molecule has 0 saturated carbocycles. The number of hydrogen-bond acceptors (Lipinski definition) is 3. The Kier molecular flexibility index (Phi) is 3.63. The quantitative estimate of drug-likeness (QED) is 0.827. The summed E-state index contributed by atoms with van der Waals surface area (Å²) in [6.45, 7) is 3.72. The minimum Gasteiger partial charge on any atom is -0.507 e. The molecule has 2 aromatic rings. The fourth-order valence-electron chi connectivity index (χ4n) is 1.84. The highest BCUT2D eigenvalue weighted by atomic mass is 16.3. The third kappa shape index (κ3) is 2.99. The van der Waals surface area contributed by atoms with Crippen LogP contribution in [-0.2, 0) is 0 Å². The standard InChI is InChI=1S/C16H14N2O/c1-11-7-14(8-12(2)16(11)19)10-18-15-5-3-13(9-17)4-6-15/h3-8,10,19H,1-2H3. The van der Waals surface area contributed by atoms with Gasteiger partial charge in [-0.25, -0.2) is 0 Å². The van der Waals surface area contributed by atoms with Crippen LogP contribution in [0.4, 0.5) is 5.69 Å². The molecule has 0 atom stereocenters. The molecule has 0 heterocycles. The predicted molar refractivity (Wildman–Crippen MR) is 76.0 cm³/mol. The van der Waals surface area contributed by atoms with Crippen molar-refractivity contribution in [1.29, 1.82) is 5.26 Å². The topological polar surface area (TPSA) is 56.4 Å². The molecule has 0 fully saturated rings. The van der Waals surface area contributed by atoms with E-state index in [-0.39, 0.29) is 0 Å². The van der Waals surface area contributed by atoms with Gasteiger partial charge in [0, 0.05) is 6.21 Å². The maximum atomic E-state index is 9.70. The lowest BCUT2D eigenvalue weighted by molar-refractivity contribution is 0.467. The fourth-order valence-corrected chi connectivity index (χ4v) is 1.84. The van der Waals surface area contributed by atoms with E-state index < -0.39 is 0 Å². The van der Waals surface area contributed by atoms with Crippen LogP contribution >= 0.6 is 0 Å². The third-order valence-electron chi connectivity index (χ3n) is 2.87. The van der Waals surface area contributed by atoms with E-state index in [1.807, 2.05) is 26.0 Å². The molecule has 0 aliphatic carbocycles. The van der Waals surface area contributed by atoms with Gasteiger partial charge in [-0.2, -0.15) is 5.26 Å². The molecule has 94 valence electrons. The van der Waals surface area contributed by atoms with Crippen LogP contribution in [0.5, 0.6) is 5.75 Å². The summed E-state index contributed by atoms with van der Waals surface area (Å²) >= 11 is 0. The van der Waals surface area contributed by atoms with Crippen LogP contribution < -0.4 is 0 Å². The number of phenols is 1. The van der Waals surface area contributed by atoms with E-state index in [9.17, 15) is 5.11 Å². The first-order valence-corrected chi connectivity index (χ1v) is 5.94. The highest BCUT2D eigenvalue weighted by Crippen LogP contribution is 2.22. The molecule has 0 aliphatic rings. The lowest BCUT2D eigenvalue weighted by Gasteiger charge is -2.04. The van der Waals surface area contributed by atoms with Crippen LogP contribution in [0.2, 0.25) is 0 Å². The van der Waals surface area contributed by atoms with E-state index in [0.29, 0.717) is 11.3 Å². The van der Waals surface area contributed by atoms with Crippen molar-refractivity contribution in [3.8, 4) is 11.8 Å². The van der Waals surface area contributed by atoms with Crippen molar-refractivity contribution in [1.82, 2.24) is 0 Å². The van der Waals surface area contributed by atoms with E-state index in [0.717, 1.165) is 22.4 Å². The van der Waals surface area contributed by atoms with E-state index in [1.54, 1.807) is 30.5 Å². The Hall–Kier alpha value is -2.60. The lowest BCUT2D eigenvalue weighted by Crippen LogP contribution is -1.87. The summed E-state index contributed by atoms with van der Waals surface area (Å²) in [7, 11) is 0. The molecule has 3 nitrogen and oxygen atoms in total. The van der Waals surface area contributed by atoms with Crippen molar-refractivity contribution in [3.05, 3.63) is 58.7 Å². The zero-order valence-electron chi connectivity index (χ0n) is 10.9. The van der Waals surface area contributed by atoms with Gasteiger partial charge in [0.1, 0.15) is 5.75 Å². The summed E-state index contributed by atoms with van der Waals surface area (Å²) in [5.74, 6) is 0.329. The SMILES string of the molecule is Cc1cc(C=Nc2ccc(C#N)cc2)cc(C)c1O. The lowest BCUT2D eigenvalue weighted by atomic mass is 10.1. The monoisotopic (exact) mass is 250 g/mol. The molecule has 0 bridgehead atoms. The third-order valence-corrected chi connectivity index (χ3v) is 2.87. The Labute approximate surface area is 112 Å². The first-order chi connectivity index (χ1) is 9.10. The van der Waals surface area contributed by atoms with Gasteiger partial charge in [-0.3, -0.25) is 4.99 Å². The summed E-state index contributed by atoms with van der Waals surface area (Å²) in [5.41, 5.74) is 4.03. The van der Waals surface area contributed by atoms with Gasteiger partial charge >= 0.3 is 0 Å². The molecule has 0 aliphatic heterocycles. The zero-order chi connectivity index (χ0) is 13.8. The van der Waals surface area contributed by atoms with Crippen molar-refractivity contribution in [2.45, 2.75) is 13.8 Å². The Bertz CT molecular complexity index is 641. The second kappa shape index (κ2) is 5.36. The van der Waals surface area contributed by atoms with Gasteiger partial charge < -0.3 is 5.11 Å². The molecule has 0 unspecified atom stereocenters. The van der Waals surface area contributed by atoms with Crippen molar-refractivity contribution in [2.75, 3.05) is 0 Å². The zero-order valence-corrected chi connectivity index (χ0v) is 10.9. The van der Waals surface area contributed by atoms with Crippen molar-refractivity contribution < 1.29 is 5.11 Å². The molecule has 3 heteroatoms. The molecule has 2 aromatic carbocycles. The number of aromatic hydroxyl groups is 1. The summed E-state index contributed by atoms with van der Waals surface area (Å²) in [4.78, 5) is 4.35. The number of benzene rings is 2. The molecule has 0 spiro atoms. The number of hydrogen-bond donors (Lipinski definition) is 1. The number of aliphatic imine (C=N–C) groups is 1. The first-order valence-electron chi connectivity index (χ1n) is 5.94. The number of phenolic OH excluding ortho intramolecular Hbond substituents is 1. The largest absolute Gasteiger partial charge is 0.507 e. The molecule has 1 N–H and O–H groups in total. The summed E-state index contributed by atoms with van der Waals surface area (Å²) < 4.78 is 0. The normalized spacial score (nSPS) is 10.6. The molecule has 0 saturated heterocycles. The second-order valence-corrected chi connectivity index (χ2v) is 4.42. The van der Waals surface area contributed by atoms with Gasteiger partial charge in [0.2, 0.25) is 0 Å². The van der Waals surface area contributed by atoms with E-state index >= 15 is 0 Å². The summed E-state index contributed by atoms with van der Waals surface area (Å²) in [6, 6.07) is 12.9. The van der Waals surface area contributed by atoms with Crippen molar-refractivity contribution in [2.24, 2.45) is 4.99 Å². The van der Waals surface area contributed by atoms with Crippen LogP contribution in [0, 0.1) is 25.2 Å². The average molecular weight is 250 g/mol. The van der Waals surface area contributed by atoms with Gasteiger partial charge in [-0.15, -0.1) is 0 Å². The maximum Gasteiger partial charge on any atom is 0.121 e. The fraction of sp³-hybridized carbons (Fsp3) is 0.125. The van der Waals surface area contributed by atoms with Gasteiger partial charge in [0.25, 0.3) is 0 Å². The van der Waals surface area contributed by atoms with Crippen LogP contribution in [0.25, 0.3) is 0 Å². The molecule has 19 heavy (non-hydrogen) atoms. The number of nitrogens with zero attached hydrogens (tertiary/aromatic N) is 2. The van der Waals surface area contributed by atoms with Gasteiger partial charge in [0.05, 0.1) is 17.3 Å². The van der Waals surface area contributed by atoms with Crippen molar-refractivity contribution >= 4 is 11.9 Å². The van der Waals surface area contributed by atoms with Crippen molar-refractivity contribution in [3.63, 3.8) is 0 Å². The second-order valence-electron chi connectivity index (χ2n) is 4.42. The van der Waals surface area contributed by atoms with E-state index in [4.69, 9.17) is 5.26 Å². The first kappa shape index (κ1) is 12.8. The molecule has 0 amide bonds. The maximum absolute atomic E-state index is 9.70.